The minimum Gasteiger partial charge on any atom is -0.497 e. The van der Waals surface area contributed by atoms with Gasteiger partial charge in [0, 0.05) is 11.8 Å². The summed E-state index contributed by atoms with van der Waals surface area (Å²) in [6.07, 6.45) is 2.14. The molecule has 1 N–H and O–H groups in total. The van der Waals surface area contributed by atoms with Gasteiger partial charge in [0.1, 0.15) is 5.75 Å². The first-order valence-corrected chi connectivity index (χ1v) is 13.1. The normalized spacial score (nSPS) is 16.9. The number of nitrogens with zero attached hydrogens (tertiary/aromatic N) is 4. The van der Waals surface area contributed by atoms with Crippen molar-refractivity contribution in [3.05, 3.63) is 71.7 Å². The van der Waals surface area contributed by atoms with Gasteiger partial charge in [0.15, 0.2) is 15.5 Å². The number of carbonyl (C=O) groups excluding carboxylic acids is 1. The average Bonchev–Trinajstić information content (AvgIpc) is 3.41. The average molecular weight is 492 g/mol. The van der Waals surface area contributed by atoms with Crippen molar-refractivity contribution in [3.63, 3.8) is 0 Å². The molecule has 180 valence electrons. The highest BCUT2D eigenvalue weighted by atomic mass is 32.2. The summed E-state index contributed by atoms with van der Waals surface area (Å²) in [6.45, 7) is 2.09. The topological polar surface area (TPSA) is 116 Å². The summed E-state index contributed by atoms with van der Waals surface area (Å²) in [7, 11) is -1.53. The third-order valence-corrected chi connectivity index (χ3v) is 7.93. The first-order chi connectivity index (χ1) is 16.8. The number of fused-ring (bicyclic) bond motifs is 1. The fourth-order valence-electron chi connectivity index (χ4n) is 4.39. The number of ether oxygens (including phenoxy) is 1. The van der Waals surface area contributed by atoms with Crippen LogP contribution >= 0.6 is 0 Å². The standard InChI is InChI=1S/C25H25N5O4S/c1-16-23-21(25(31)27-14-18-5-3-4-11-26-18)13-22(17-6-8-20(34-2)9-7-17)28-24(23)30(29-16)19-10-12-35(32,33)15-19/h3-9,11,13,19H,10,12,14-15H2,1-2H3,(H,27,31)/t19-/m0/s1. The van der Waals surface area contributed by atoms with Crippen LogP contribution in [0.1, 0.15) is 34.2 Å². The molecule has 1 fully saturated rings. The largest absolute Gasteiger partial charge is 0.497 e. The number of nitrogens with one attached hydrogen (secondary N) is 1. The lowest BCUT2D eigenvalue weighted by molar-refractivity contribution is 0.0952. The summed E-state index contributed by atoms with van der Waals surface area (Å²) in [6, 6.07) is 14.4. The number of hydrogen-bond acceptors (Lipinski definition) is 7. The minimum absolute atomic E-state index is 0.0128. The number of sulfone groups is 1. The zero-order valence-corrected chi connectivity index (χ0v) is 20.2. The molecule has 0 aliphatic carbocycles. The molecule has 0 radical (unpaired) electrons. The molecule has 4 aromatic rings. The molecular formula is C25H25N5O4S. The molecule has 0 bridgehead atoms. The van der Waals surface area contributed by atoms with Crippen molar-refractivity contribution in [1.29, 1.82) is 0 Å². The van der Waals surface area contributed by atoms with Gasteiger partial charge in [-0.15, -0.1) is 0 Å². The summed E-state index contributed by atoms with van der Waals surface area (Å²) >= 11 is 0. The Labute approximate surface area is 203 Å². The van der Waals surface area contributed by atoms with Crippen LogP contribution in [0, 0.1) is 6.92 Å². The molecule has 1 saturated heterocycles. The second kappa shape index (κ2) is 9.10. The Morgan fingerprint density at radius 2 is 2.00 bits per heavy atom. The van der Waals surface area contributed by atoms with Gasteiger partial charge in [-0.2, -0.15) is 5.10 Å². The van der Waals surface area contributed by atoms with Gasteiger partial charge in [-0.05, 0) is 55.8 Å². The fraction of sp³-hybridized carbons (Fsp3) is 0.280. The molecule has 0 unspecified atom stereocenters. The van der Waals surface area contributed by atoms with Crippen LogP contribution < -0.4 is 10.1 Å². The second-order valence-corrected chi connectivity index (χ2v) is 10.8. The molecule has 3 aromatic heterocycles. The number of benzene rings is 1. The molecule has 0 saturated carbocycles. The smallest absolute Gasteiger partial charge is 0.252 e. The van der Waals surface area contributed by atoms with E-state index in [0.717, 1.165) is 11.3 Å². The van der Waals surface area contributed by atoms with Crippen LogP contribution in [0.25, 0.3) is 22.3 Å². The van der Waals surface area contributed by atoms with Crippen LogP contribution in [0.15, 0.2) is 54.7 Å². The first kappa shape index (κ1) is 23.0. The van der Waals surface area contributed by atoms with Gasteiger partial charge in [-0.1, -0.05) is 6.07 Å². The molecule has 4 heterocycles. The van der Waals surface area contributed by atoms with Gasteiger partial charge in [0.05, 0.1) is 59.2 Å². The van der Waals surface area contributed by atoms with E-state index in [0.29, 0.717) is 40.2 Å². The Bertz CT molecular complexity index is 1500. The quantitative estimate of drug-likeness (QED) is 0.441. The number of carbonyl (C=O) groups is 1. The van der Waals surface area contributed by atoms with Gasteiger partial charge in [0.25, 0.3) is 5.91 Å². The Hall–Kier alpha value is -3.79. The number of rotatable bonds is 6. The van der Waals surface area contributed by atoms with Gasteiger partial charge in [-0.3, -0.25) is 9.78 Å². The van der Waals surface area contributed by atoms with Gasteiger partial charge < -0.3 is 10.1 Å². The zero-order chi connectivity index (χ0) is 24.6. The van der Waals surface area contributed by atoms with Crippen LogP contribution in [0.3, 0.4) is 0 Å². The molecule has 1 aliphatic heterocycles. The van der Waals surface area contributed by atoms with Crippen LogP contribution in [0.4, 0.5) is 0 Å². The van der Waals surface area contributed by atoms with E-state index in [2.05, 4.69) is 15.4 Å². The predicted molar refractivity (Wildman–Crippen MR) is 132 cm³/mol. The maximum absolute atomic E-state index is 13.4. The summed E-state index contributed by atoms with van der Waals surface area (Å²) < 4.78 is 31.3. The summed E-state index contributed by atoms with van der Waals surface area (Å²) in [5, 5.41) is 8.20. The van der Waals surface area contributed by atoms with Gasteiger partial charge in [-0.25, -0.2) is 18.1 Å². The SMILES string of the molecule is COc1ccc(-c2cc(C(=O)NCc3ccccn3)c3c(C)nn([C@H]4CCS(=O)(=O)C4)c3n2)cc1. The van der Waals surface area contributed by atoms with E-state index in [9.17, 15) is 13.2 Å². The lowest BCUT2D eigenvalue weighted by Gasteiger charge is -2.12. The van der Waals surface area contributed by atoms with Crippen LogP contribution in [0.2, 0.25) is 0 Å². The highest BCUT2D eigenvalue weighted by Gasteiger charge is 2.32. The minimum atomic E-state index is -3.13. The first-order valence-electron chi connectivity index (χ1n) is 11.3. The number of amides is 1. The Morgan fingerprint density at radius 1 is 1.20 bits per heavy atom. The Balaban J connectivity index is 1.61. The number of pyridine rings is 2. The van der Waals surface area contributed by atoms with Crippen molar-refractivity contribution < 1.29 is 17.9 Å². The summed E-state index contributed by atoms with van der Waals surface area (Å²) in [5.74, 6) is 0.562. The van der Waals surface area contributed by atoms with E-state index in [-0.39, 0.29) is 30.0 Å². The maximum Gasteiger partial charge on any atom is 0.252 e. The lowest BCUT2D eigenvalue weighted by Crippen LogP contribution is -2.24. The van der Waals surface area contributed by atoms with Crippen LogP contribution in [0.5, 0.6) is 5.75 Å². The number of aromatic nitrogens is 4. The Kier molecular flexibility index (Phi) is 5.98. The van der Waals surface area contributed by atoms with Crippen molar-refractivity contribution in [1.82, 2.24) is 25.1 Å². The molecular weight excluding hydrogens is 466 g/mol. The monoisotopic (exact) mass is 491 g/mol. The van der Waals surface area contributed by atoms with E-state index in [1.165, 1.54) is 0 Å². The maximum atomic E-state index is 13.4. The molecule has 1 atom stereocenters. The molecule has 9 nitrogen and oxygen atoms in total. The summed E-state index contributed by atoms with van der Waals surface area (Å²) in [5.41, 5.74) is 3.69. The van der Waals surface area contributed by atoms with Crippen molar-refractivity contribution in [2.45, 2.75) is 25.9 Å². The van der Waals surface area contributed by atoms with Gasteiger partial charge in [0.2, 0.25) is 0 Å². The van der Waals surface area contributed by atoms with E-state index in [1.54, 1.807) is 24.1 Å². The van der Waals surface area contributed by atoms with Crippen molar-refractivity contribution >= 4 is 26.8 Å². The second-order valence-electron chi connectivity index (χ2n) is 8.57. The third-order valence-electron chi connectivity index (χ3n) is 6.18. The highest BCUT2D eigenvalue weighted by molar-refractivity contribution is 7.91. The van der Waals surface area contributed by atoms with Crippen LogP contribution in [-0.2, 0) is 16.4 Å². The van der Waals surface area contributed by atoms with E-state index >= 15 is 0 Å². The van der Waals surface area contributed by atoms with E-state index in [1.807, 2.05) is 49.4 Å². The Morgan fingerprint density at radius 3 is 2.66 bits per heavy atom. The molecule has 35 heavy (non-hydrogen) atoms. The molecule has 5 rings (SSSR count). The molecule has 1 aliphatic rings. The summed E-state index contributed by atoms with van der Waals surface area (Å²) in [4.78, 5) is 22.5. The van der Waals surface area contributed by atoms with Crippen molar-refractivity contribution in [2.24, 2.45) is 0 Å². The molecule has 10 heteroatoms. The van der Waals surface area contributed by atoms with E-state index in [4.69, 9.17) is 9.72 Å². The highest BCUT2D eigenvalue weighted by Crippen LogP contribution is 2.32. The molecule has 1 aromatic carbocycles. The predicted octanol–water partition coefficient (Wildman–Crippen LogP) is 3.10. The fourth-order valence-corrected chi connectivity index (χ4v) is 6.09. The van der Waals surface area contributed by atoms with Crippen molar-refractivity contribution in [2.75, 3.05) is 18.6 Å². The van der Waals surface area contributed by atoms with E-state index < -0.39 is 9.84 Å². The lowest BCUT2D eigenvalue weighted by atomic mass is 10.0. The number of methoxy groups -OCH3 is 1. The van der Waals surface area contributed by atoms with Crippen molar-refractivity contribution in [3.8, 4) is 17.0 Å². The third kappa shape index (κ3) is 4.61. The van der Waals surface area contributed by atoms with Gasteiger partial charge >= 0.3 is 0 Å². The van der Waals surface area contributed by atoms with Crippen LogP contribution in [-0.4, -0.2) is 52.7 Å². The number of aryl methyl sites for hydroxylation is 1. The number of hydrogen-bond donors (Lipinski definition) is 1. The molecule has 0 spiro atoms. The zero-order valence-electron chi connectivity index (χ0n) is 19.4. The molecule has 1 amide bonds.